The van der Waals surface area contributed by atoms with Crippen molar-refractivity contribution in [3.8, 4) is 33.4 Å². The van der Waals surface area contributed by atoms with Gasteiger partial charge in [-0.15, -0.1) is 0 Å². The molecule has 3 aliphatic carbocycles. The van der Waals surface area contributed by atoms with E-state index in [1.807, 2.05) is 0 Å². The second-order valence-corrected chi connectivity index (χ2v) is 16.0. The molecule has 2 nitrogen and oxygen atoms in total. The van der Waals surface area contributed by atoms with Gasteiger partial charge in [0.05, 0.1) is 0 Å². The minimum Gasteiger partial charge on any atom is -0.456 e. The van der Waals surface area contributed by atoms with Gasteiger partial charge in [0, 0.05) is 39.7 Å². The Kier molecular flexibility index (Phi) is 9.17. The van der Waals surface area contributed by atoms with Gasteiger partial charge in [-0.25, -0.2) is 0 Å². The van der Waals surface area contributed by atoms with Gasteiger partial charge in [0.25, 0.3) is 0 Å². The van der Waals surface area contributed by atoms with Gasteiger partial charge in [0.2, 0.25) is 0 Å². The largest absolute Gasteiger partial charge is 0.456 e. The lowest BCUT2D eigenvalue weighted by Crippen LogP contribution is -2.14. The first-order valence-electron chi connectivity index (χ1n) is 21.0. The summed E-state index contributed by atoms with van der Waals surface area (Å²) in [6.45, 7) is 0. The standard InChI is InChI=1S/C58H43NO/c1-3-12-40(13-4-1)42-28-32-50(33-29-42)59(51-20-9-18-46(36-51)41-14-5-2-6-15-41)52-21-10-19-47(37-52)43-24-26-44(27-25-43)48-30-34-57-55(38-48)56-39-49(31-35-58(56)60-57)54-23-11-17-45-16-7-8-22-53(45)54/h1-3,5-12,14-39,45,53H,4,13H2. The van der Waals surface area contributed by atoms with Gasteiger partial charge in [-0.2, -0.15) is 0 Å². The molecule has 2 heteroatoms. The van der Waals surface area contributed by atoms with E-state index in [2.05, 4.69) is 229 Å². The zero-order chi connectivity index (χ0) is 39.8. The van der Waals surface area contributed by atoms with Gasteiger partial charge in [0.15, 0.2) is 0 Å². The Morgan fingerprint density at radius 1 is 0.417 bits per heavy atom. The van der Waals surface area contributed by atoms with E-state index in [0.717, 1.165) is 51.8 Å². The van der Waals surface area contributed by atoms with Crippen molar-refractivity contribution >= 4 is 50.1 Å². The first-order valence-corrected chi connectivity index (χ1v) is 21.0. The van der Waals surface area contributed by atoms with E-state index in [1.165, 1.54) is 55.7 Å². The summed E-state index contributed by atoms with van der Waals surface area (Å²) in [5, 5.41) is 2.29. The van der Waals surface area contributed by atoms with Crippen molar-refractivity contribution in [2.75, 3.05) is 4.90 Å². The van der Waals surface area contributed by atoms with E-state index in [9.17, 15) is 0 Å². The molecule has 0 saturated carbocycles. The summed E-state index contributed by atoms with van der Waals surface area (Å²) in [7, 11) is 0. The fourth-order valence-corrected chi connectivity index (χ4v) is 9.19. The van der Waals surface area contributed by atoms with Crippen LogP contribution < -0.4 is 4.90 Å². The molecule has 0 bridgehead atoms. The smallest absolute Gasteiger partial charge is 0.135 e. The highest BCUT2D eigenvalue weighted by Gasteiger charge is 2.24. The van der Waals surface area contributed by atoms with E-state index in [-0.39, 0.29) is 0 Å². The number of nitrogens with zero attached hydrogens (tertiary/aromatic N) is 1. The highest BCUT2D eigenvalue weighted by Crippen LogP contribution is 2.42. The van der Waals surface area contributed by atoms with Crippen molar-refractivity contribution in [1.82, 2.24) is 0 Å². The summed E-state index contributed by atoms with van der Waals surface area (Å²) in [6.07, 6.45) is 24.5. The van der Waals surface area contributed by atoms with Crippen LogP contribution in [0.4, 0.5) is 17.1 Å². The third-order valence-corrected chi connectivity index (χ3v) is 12.3. The van der Waals surface area contributed by atoms with E-state index in [4.69, 9.17) is 4.42 Å². The molecule has 2 atom stereocenters. The second kappa shape index (κ2) is 15.4. The summed E-state index contributed by atoms with van der Waals surface area (Å²) >= 11 is 0. The monoisotopic (exact) mass is 769 g/mol. The Bertz CT molecular complexity index is 3080. The number of fused-ring (bicyclic) bond motifs is 4. The predicted octanol–water partition coefficient (Wildman–Crippen LogP) is 16.1. The summed E-state index contributed by atoms with van der Waals surface area (Å²) in [4.78, 5) is 2.38. The van der Waals surface area contributed by atoms with Crippen LogP contribution in [-0.4, -0.2) is 0 Å². The molecule has 3 aliphatic rings. The molecule has 7 aromatic carbocycles. The molecule has 0 amide bonds. The van der Waals surface area contributed by atoms with Gasteiger partial charge < -0.3 is 9.32 Å². The van der Waals surface area contributed by atoms with Crippen LogP contribution in [0.2, 0.25) is 0 Å². The topological polar surface area (TPSA) is 16.4 Å². The second-order valence-electron chi connectivity index (χ2n) is 16.0. The molecule has 286 valence electrons. The highest BCUT2D eigenvalue weighted by molar-refractivity contribution is 6.07. The third-order valence-electron chi connectivity index (χ3n) is 12.3. The lowest BCUT2D eigenvalue weighted by atomic mass is 9.77. The van der Waals surface area contributed by atoms with E-state index < -0.39 is 0 Å². The van der Waals surface area contributed by atoms with Crippen LogP contribution in [0.25, 0.3) is 66.5 Å². The molecule has 0 fully saturated rings. The van der Waals surface area contributed by atoms with Crippen LogP contribution in [-0.2, 0) is 0 Å². The maximum Gasteiger partial charge on any atom is 0.135 e. The van der Waals surface area contributed by atoms with Crippen molar-refractivity contribution in [3.05, 3.63) is 236 Å². The number of hydrogen-bond acceptors (Lipinski definition) is 2. The Hall–Kier alpha value is -7.42. The highest BCUT2D eigenvalue weighted by atomic mass is 16.3. The van der Waals surface area contributed by atoms with Crippen molar-refractivity contribution < 1.29 is 4.42 Å². The van der Waals surface area contributed by atoms with Crippen molar-refractivity contribution in [1.29, 1.82) is 0 Å². The molecular weight excluding hydrogens is 727 g/mol. The normalized spacial score (nSPS) is 16.8. The SMILES string of the molecule is C1=CCCC(c2ccc(N(c3cccc(-c4ccccc4)c3)c3cccc(-c4ccc(-c5ccc6oc7ccc(C8=CC=CC9C=CC=CC89)cc7c6c5)cc4)c3)cc2)=C1. The summed E-state index contributed by atoms with van der Waals surface area (Å²) < 4.78 is 6.36. The van der Waals surface area contributed by atoms with Gasteiger partial charge in [-0.1, -0.05) is 164 Å². The van der Waals surface area contributed by atoms with E-state index in [1.54, 1.807) is 0 Å². The van der Waals surface area contributed by atoms with Gasteiger partial charge in [-0.05, 0) is 129 Å². The van der Waals surface area contributed by atoms with Gasteiger partial charge in [0.1, 0.15) is 11.2 Å². The number of allylic oxidation sites excluding steroid dienone is 12. The van der Waals surface area contributed by atoms with Gasteiger partial charge >= 0.3 is 0 Å². The molecule has 1 heterocycles. The third kappa shape index (κ3) is 6.76. The zero-order valence-electron chi connectivity index (χ0n) is 33.3. The molecule has 8 aromatic rings. The maximum atomic E-state index is 6.36. The Labute approximate surface area is 351 Å². The van der Waals surface area contributed by atoms with Crippen LogP contribution >= 0.6 is 0 Å². The number of hydrogen-bond donors (Lipinski definition) is 0. The first-order chi connectivity index (χ1) is 29.7. The first kappa shape index (κ1) is 35.7. The molecule has 0 saturated heterocycles. The van der Waals surface area contributed by atoms with Crippen molar-refractivity contribution in [2.24, 2.45) is 11.8 Å². The number of rotatable bonds is 8. The summed E-state index contributed by atoms with van der Waals surface area (Å²) in [5.41, 5.74) is 17.5. The van der Waals surface area contributed by atoms with Gasteiger partial charge in [-0.3, -0.25) is 0 Å². The van der Waals surface area contributed by atoms with E-state index in [0.29, 0.717) is 11.8 Å². The minimum absolute atomic E-state index is 0.355. The van der Waals surface area contributed by atoms with E-state index >= 15 is 0 Å². The Morgan fingerprint density at radius 2 is 0.983 bits per heavy atom. The van der Waals surface area contributed by atoms with Crippen LogP contribution in [0.1, 0.15) is 24.0 Å². The zero-order valence-corrected chi connectivity index (χ0v) is 33.3. The molecule has 0 aliphatic heterocycles. The lowest BCUT2D eigenvalue weighted by molar-refractivity contribution is 0.668. The number of furan rings is 1. The van der Waals surface area contributed by atoms with Crippen molar-refractivity contribution in [3.63, 3.8) is 0 Å². The summed E-state index contributed by atoms with van der Waals surface area (Å²) in [6, 6.07) is 59.7. The Morgan fingerprint density at radius 3 is 1.67 bits per heavy atom. The Balaban J connectivity index is 0.919. The minimum atomic E-state index is 0.355. The van der Waals surface area contributed by atoms with Crippen LogP contribution in [0.15, 0.2) is 229 Å². The quantitative estimate of drug-likeness (QED) is 0.153. The molecule has 0 N–H and O–H groups in total. The van der Waals surface area contributed by atoms with Crippen molar-refractivity contribution in [2.45, 2.75) is 12.8 Å². The molecule has 0 radical (unpaired) electrons. The number of benzene rings is 7. The summed E-state index contributed by atoms with van der Waals surface area (Å²) in [5.74, 6) is 0.757. The molecule has 0 spiro atoms. The fraction of sp³-hybridized carbons (Fsp3) is 0.0690. The maximum absolute atomic E-state index is 6.36. The van der Waals surface area contributed by atoms with Crippen LogP contribution in [0, 0.1) is 11.8 Å². The molecule has 11 rings (SSSR count). The lowest BCUT2D eigenvalue weighted by Gasteiger charge is -2.27. The fourth-order valence-electron chi connectivity index (χ4n) is 9.19. The van der Waals surface area contributed by atoms with Crippen LogP contribution in [0.3, 0.4) is 0 Å². The molecule has 1 aromatic heterocycles. The molecule has 60 heavy (non-hydrogen) atoms. The number of anilines is 3. The molecule has 2 unspecified atom stereocenters. The molecular formula is C58H43NO. The van der Waals surface area contributed by atoms with Crippen LogP contribution in [0.5, 0.6) is 0 Å². The average Bonchev–Trinajstić information content (AvgIpc) is 3.70. The average molecular weight is 770 g/mol. The predicted molar refractivity (Wildman–Crippen MR) is 253 cm³/mol.